The molecule has 0 heterocycles. The Kier molecular flexibility index (Phi) is 4.28. The molecule has 0 aliphatic heterocycles. The Balaban J connectivity index is 0.00000144. The van der Waals surface area contributed by atoms with E-state index in [0.717, 1.165) is 6.07 Å². The van der Waals surface area contributed by atoms with Gasteiger partial charge in [-0.15, -0.1) is 0 Å². The Morgan fingerprint density at radius 1 is 1.38 bits per heavy atom. The van der Waals surface area contributed by atoms with Crippen molar-refractivity contribution in [3.63, 3.8) is 0 Å². The van der Waals surface area contributed by atoms with Crippen molar-refractivity contribution in [3.8, 4) is 11.5 Å². The Bertz CT molecular complexity index is 311. The second-order valence-corrected chi connectivity index (χ2v) is 2.19. The molecule has 4 nitrogen and oxygen atoms in total. The van der Waals surface area contributed by atoms with Crippen molar-refractivity contribution in [2.45, 2.75) is 0 Å². The fourth-order valence-electron chi connectivity index (χ4n) is 0.803. The Morgan fingerprint density at radius 2 is 2.00 bits per heavy atom. The van der Waals surface area contributed by atoms with Crippen molar-refractivity contribution in [2.24, 2.45) is 0 Å². The summed E-state index contributed by atoms with van der Waals surface area (Å²) >= 11 is 0. The number of phenols is 2. The molecule has 1 aromatic carbocycles. The molecule has 0 aliphatic rings. The van der Waals surface area contributed by atoms with Crippen LogP contribution in [0.4, 0.5) is 0 Å². The fourth-order valence-corrected chi connectivity index (χ4v) is 0.803. The molecule has 0 fully saturated rings. The molecule has 0 amide bonds. The first kappa shape index (κ1) is 11.8. The molecule has 0 bridgehead atoms. The molecule has 0 spiro atoms. The van der Waals surface area contributed by atoms with E-state index in [1.807, 2.05) is 0 Å². The van der Waals surface area contributed by atoms with Gasteiger partial charge in [0.25, 0.3) is 0 Å². The zero-order valence-electron chi connectivity index (χ0n) is 6.76. The van der Waals surface area contributed by atoms with Crippen molar-refractivity contribution >= 4 is 5.97 Å². The van der Waals surface area contributed by atoms with E-state index in [-0.39, 0.29) is 33.6 Å². The van der Waals surface area contributed by atoms with E-state index in [1.165, 1.54) is 19.2 Å². The number of phenolic OH excluding ortho intramolecular Hbond substituents is 2. The van der Waals surface area contributed by atoms with Crippen LogP contribution in [0.25, 0.3) is 0 Å². The van der Waals surface area contributed by atoms with Gasteiger partial charge in [-0.05, 0) is 12.1 Å². The number of ether oxygens (including phenoxy) is 1. The van der Waals surface area contributed by atoms with Crippen molar-refractivity contribution in [1.29, 1.82) is 0 Å². The van der Waals surface area contributed by atoms with E-state index in [1.54, 1.807) is 0 Å². The third-order valence-electron chi connectivity index (χ3n) is 1.39. The summed E-state index contributed by atoms with van der Waals surface area (Å²) < 4.78 is 4.38. The summed E-state index contributed by atoms with van der Waals surface area (Å²) in [5.41, 5.74) is 0.0373. The summed E-state index contributed by atoms with van der Waals surface area (Å²) in [6.07, 6.45) is 0. The number of aromatic hydroxyl groups is 2. The largest absolute Gasteiger partial charge is 0.508 e. The van der Waals surface area contributed by atoms with Gasteiger partial charge in [0.1, 0.15) is 17.1 Å². The molecule has 0 atom stereocenters. The van der Waals surface area contributed by atoms with Gasteiger partial charge in [0.05, 0.1) is 7.11 Å². The predicted molar refractivity (Wildman–Crippen MR) is 41.1 cm³/mol. The van der Waals surface area contributed by atoms with Crippen LogP contribution in [-0.4, -0.2) is 23.3 Å². The summed E-state index contributed by atoms with van der Waals surface area (Å²) in [6.45, 7) is 0. The molecular weight excluding hydrogens is 219 g/mol. The maximum atomic E-state index is 10.9. The van der Waals surface area contributed by atoms with Gasteiger partial charge in [-0.2, -0.15) is 0 Å². The SMILES string of the molecule is COC(=O)c1ccc(O)cc1O.[Ni]. The molecule has 0 saturated heterocycles. The van der Waals surface area contributed by atoms with Crippen LogP contribution in [0.2, 0.25) is 0 Å². The summed E-state index contributed by atoms with van der Waals surface area (Å²) in [6, 6.07) is 3.66. The summed E-state index contributed by atoms with van der Waals surface area (Å²) in [7, 11) is 1.22. The smallest absolute Gasteiger partial charge is 0.341 e. The number of hydrogen-bond donors (Lipinski definition) is 2. The maximum Gasteiger partial charge on any atom is 0.341 e. The molecule has 0 radical (unpaired) electrons. The first-order valence-electron chi connectivity index (χ1n) is 3.25. The van der Waals surface area contributed by atoms with Crippen LogP contribution in [0.1, 0.15) is 10.4 Å². The number of hydrogen-bond acceptors (Lipinski definition) is 4. The van der Waals surface area contributed by atoms with Crippen molar-refractivity contribution in [2.75, 3.05) is 7.11 Å². The average Bonchev–Trinajstić information content (AvgIpc) is 2.03. The topological polar surface area (TPSA) is 66.8 Å². The third kappa shape index (κ3) is 2.63. The summed E-state index contributed by atoms with van der Waals surface area (Å²) in [4.78, 5) is 10.9. The molecule has 13 heavy (non-hydrogen) atoms. The monoisotopic (exact) mass is 226 g/mol. The van der Waals surface area contributed by atoms with Crippen LogP contribution in [0, 0.1) is 0 Å². The summed E-state index contributed by atoms with van der Waals surface area (Å²) in [5.74, 6) is -1.02. The van der Waals surface area contributed by atoms with E-state index >= 15 is 0 Å². The van der Waals surface area contributed by atoms with Crippen LogP contribution < -0.4 is 0 Å². The van der Waals surface area contributed by atoms with Gasteiger partial charge in [0, 0.05) is 22.6 Å². The molecule has 0 aromatic heterocycles. The molecule has 2 N–H and O–H groups in total. The van der Waals surface area contributed by atoms with E-state index in [9.17, 15) is 4.79 Å². The number of methoxy groups -OCH3 is 1. The Morgan fingerprint density at radius 3 is 2.46 bits per heavy atom. The van der Waals surface area contributed by atoms with Crippen LogP contribution in [0.3, 0.4) is 0 Å². The molecule has 1 aromatic rings. The molecule has 1 rings (SSSR count). The molecule has 0 saturated carbocycles. The normalized spacial score (nSPS) is 8.69. The van der Waals surface area contributed by atoms with Gasteiger partial charge >= 0.3 is 5.97 Å². The number of carbonyl (C=O) groups excluding carboxylic acids is 1. The van der Waals surface area contributed by atoms with Crippen LogP contribution >= 0.6 is 0 Å². The minimum absolute atomic E-state index is 0. The predicted octanol–water partition coefficient (Wildman–Crippen LogP) is 0.882. The number of benzene rings is 1. The number of carbonyl (C=O) groups is 1. The minimum atomic E-state index is -0.632. The van der Waals surface area contributed by atoms with Crippen LogP contribution in [-0.2, 0) is 21.2 Å². The van der Waals surface area contributed by atoms with Crippen LogP contribution in [0.5, 0.6) is 11.5 Å². The van der Waals surface area contributed by atoms with Gasteiger partial charge in [-0.25, -0.2) is 4.79 Å². The first-order chi connectivity index (χ1) is 5.65. The first-order valence-corrected chi connectivity index (χ1v) is 3.25. The van der Waals surface area contributed by atoms with Gasteiger partial charge in [-0.1, -0.05) is 0 Å². The van der Waals surface area contributed by atoms with Crippen molar-refractivity contribution in [3.05, 3.63) is 23.8 Å². The van der Waals surface area contributed by atoms with E-state index in [2.05, 4.69) is 4.74 Å². The van der Waals surface area contributed by atoms with Crippen molar-refractivity contribution < 1.29 is 36.2 Å². The van der Waals surface area contributed by atoms with Gasteiger partial charge in [0.15, 0.2) is 0 Å². The van der Waals surface area contributed by atoms with Gasteiger partial charge in [-0.3, -0.25) is 0 Å². The Labute approximate surface area is 85.1 Å². The number of esters is 1. The summed E-state index contributed by atoms with van der Waals surface area (Å²) in [5, 5.41) is 18.0. The zero-order chi connectivity index (χ0) is 9.14. The van der Waals surface area contributed by atoms with E-state index in [4.69, 9.17) is 10.2 Å². The Hall–Kier alpha value is -1.22. The quantitative estimate of drug-likeness (QED) is 0.551. The molecule has 0 aliphatic carbocycles. The van der Waals surface area contributed by atoms with Gasteiger partial charge < -0.3 is 14.9 Å². The average molecular weight is 227 g/mol. The third-order valence-corrected chi connectivity index (χ3v) is 1.39. The second kappa shape index (κ2) is 4.72. The van der Waals surface area contributed by atoms with Crippen LogP contribution in [0.15, 0.2) is 18.2 Å². The fraction of sp³-hybridized carbons (Fsp3) is 0.125. The standard InChI is InChI=1S/C8H8O4.Ni/c1-12-8(11)6-3-2-5(9)4-7(6)10;/h2-4,9-10H,1H3;. The molecule has 74 valence electrons. The molecule has 5 heteroatoms. The van der Waals surface area contributed by atoms with Crippen molar-refractivity contribution in [1.82, 2.24) is 0 Å². The molecule has 0 unspecified atom stereocenters. The van der Waals surface area contributed by atoms with E-state index in [0.29, 0.717) is 0 Å². The molecular formula is C8H8NiO4. The zero-order valence-corrected chi connectivity index (χ0v) is 7.75. The van der Waals surface area contributed by atoms with E-state index < -0.39 is 5.97 Å². The number of rotatable bonds is 1. The van der Waals surface area contributed by atoms with Gasteiger partial charge in [0.2, 0.25) is 0 Å². The minimum Gasteiger partial charge on any atom is -0.508 e. The second-order valence-electron chi connectivity index (χ2n) is 2.19. The maximum absolute atomic E-state index is 10.9.